The van der Waals surface area contributed by atoms with E-state index in [2.05, 4.69) is 35.6 Å². The maximum atomic E-state index is 5.00. The van der Waals surface area contributed by atoms with Gasteiger partial charge >= 0.3 is 6.01 Å². The van der Waals surface area contributed by atoms with Crippen molar-refractivity contribution in [1.29, 1.82) is 0 Å². The Morgan fingerprint density at radius 1 is 1.16 bits per heavy atom. The van der Waals surface area contributed by atoms with Crippen molar-refractivity contribution in [3.8, 4) is 6.01 Å². The number of hydrogen-bond acceptors (Lipinski definition) is 8. The Kier molecular flexibility index (Phi) is 4.01. The molecule has 0 radical (unpaired) electrons. The molecule has 0 aliphatic rings. The third-order valence-corrected chi connectivity index (χ3v) is 2.28. The molecule has 100 valence electrons. The van der Waals surface area contributed by atoms with E-state index < -0.39 is 0 Å². The summed E-state index contributed by atoms with van der Waals surface area (Å²) in [5.41, 5.74) is 0.859. The van der Waals surface area contributed by atoms with Crippen molar-refractivity contribution in [3.63, 3.8) is 0 Å². The fourth-order valence-electron chi connectivity index (χ4n) is 1.41. The second kappa shape index (κ2) is 5.89. The second-order valence-corrected chi connectivity index (χ2v) is 3.67. The zero-order valence-corrected chi connectivity index (χ0v) is 11.0. The predicted molar refractivity (Wildman–Crippen MR) is 70.0 cm³/mol. The Hall–Kier alpha value is -2.51. The van der Waals surface area contributed by atoms with E-state index in [-0.39, 0.29) is 6.01 Å². The first kappa shape index (κ1) is 12.9. The third kappa shape index (κ3) is 3.47. The summed E-state index contributed by atoms with van der Waals surface area (Å²) in [6, 6.07) is 2.08. The lowest BCUT2D eigenvalue weighted by Crippen LogP contribution is -2.09. The highest BCUT2D eigenvalue weighted by molar-refractivity contribution is 5.35. The van der Waals surface area contributed by atoms with Gasteiger partial charge < -0.3 is 15.4 Å². The van der Waals surface area contributed by atoms with Crippen LogP contribution in [0.2, 0.25) is 0 Å². The number of methoxy groups -OCH3 is 1. The molecule has 8 heteroatoms. The lowest BCUT2D eigenvalue weighted by molar-refractivity contribution is 0.379. The van der Waals surface area contributed by atoms with Crippen LogP contribution in [0.25, 0.3) is 0 Å². The molecule has 2 rings (SSSR count). The Balaban J connectivity index is 2.10. The van der Waals surface area contributed by atoms with Crippen LogP contribution in [0.4, 0.5) is 11.9 Å². The van der Waals surface area contributed by atoms with Gasteiger partial charge in [-0.3, -0.25) is 0 Å². The number of nitrogens with zero attached hydrogens (tertiary/aromatic N) is 5. The van der Waals surface area contributed by atoms with Gasteiger partial charge in [0.05, 0.1) is 19.3 Å². The highest BCUT2D eigenvalue weighted by atomic mass is 16.5. The van der Waals surface area contributed by atoms with Crippen LogP contribution in [0, 0.1) is 6.92 Å². The lowest BCUT2D eigenvalue weighted by atomic mass is 10.4. The molecule has 2 heterocycles. The molecule has 0 aromatic carbocycles. The molecule has 0 fully saturated rings. The first-order valence-electron chi connectivity index (χ1n) is 5.71. The summed E-state index contributed by atoms with van der Waals surface area (Å²) in [6.07, 6.45) is 1.71. The molecule has 8 nitrogen and oxygen atoms in total. The van der Waals surface area contributed by atoms with Gasteiger partial charge in [-0.05, 0) is 13.0 Å². The SMILES string of the molecule is CNc1nc(NCc2ccnc(C)n2)nc(OC)n1. The van der Waals surface area contributed by atoms with Gasteiger partial charge in [0.1, 0.15) is 5.82 Å². The van der Waals surface area contributed by atoms with E-state index in [1.807, 2.05) is 13.0 Å². The van der Waals surface area contributed by atoms with Crippen LogP contribution in [0.1, 0.15) is 11.5 Å². The second-order valence-electron chi connectivity index (χ2n) is 3.67. The van der Waals surface area contributed by atoms with Crippen molar-refractivity contribution in [3.05, 3.63) is 23.8 Å². The van der Waals surface area contributed by atoms with Crippen LogP contribution < -0.4 is 15.4 Å². The molecule has 0 saturated heterocycles. The van der Waals surface area contributed by atoms with Crippen LogP contribution >= 0.6 is 0 Å². The zero-order chi connectivity index (χ0) is 13.7. The standard InChI is InChI=1S/C11H15N7O/c1-7-13-5-4-8(15-7)6-14-10-16-9(12-2)17-11(18-10)19-3/h4-5H,6H2,1-3H3,(H2,12,14,16,17,18). The molecule has 0 amide bonds. The number of aryl methyl sites for hydroxylation is 1. The lowest BCUT2D eigenvalue weighted by Gasteiger charge is -2.07. The maximum absolute atomic E-state index is 5.00. The van der Waals surface area contributed by atoms with Crippen LogP contribution in [0.5, 0.6) is 6.01 Å². The van der Waals surface area contributed by atoms with Crippen LogP contribution in [0.3, 0.4) is 0 Å². The maximum Gasteiger partial charge on any atom is 0.322 e. The van der Waals surface area contributed by atoms with Gasteiger partial charge in [-0.15, -0.1) is 0 Å². The molecular formula is C11H15N7O. The Bertz CT molecular complexity index is 538. The first-order valence-corrected chi connectivity index (χ1v) is 5.71. The van der Waals surface area contributed by atoms with Gasteiger partial charge in [0.15, 0.2) is 0 Å². The van der Waals surface area contributed by atoms with Gasteiger partial charge in [-0.2, -0.15) is 15.0 Å². The number of nitrogens with one attached hydrogen (secondary N) is 2. The van der Waals surface area contributed by atoms with Crippen LogP contribution in [-0.2, 0) is 6.54 Å². The molecule has 0 bridgehead atoms. The molecule has 2 N–H and O–H groups in total. The zero-order valence-electron chi connectivity index (χ0n) is 11.0. The molecule has 19 heavy (non-hydrogen) atoms. The third-order valence-electron chi connectivity index (χ3n) is 2.28. The number of rotatable bonds is 5. The van der Waals surface area contributed by atoms with Crippen molar-refractivity contribution in [2.45, 2.75) is 13.5 Å². The average molecular weight is 261 g/mol. The molecule has 2 aromatic heterocycles. The normalized spacial score (nSPS) is 10.1. The van der Waals surface area contributed by atoms with Gasteiger partial charge in [0.25, 0.3) is 0 Å². The number of aromatic nitrogens is 5. The summed E-state index contributed by atoms with van der Waals surface area (Å²) in [7, 11) is 3.23. The van der Waals surface area contributed by atoms with E-state index in [1.165, 1.54) is 7.11 Å². The van der Waals surface area contributed by atoms with Crippen LogP contribution in [0.15, 0.2) is 12.3 Å². The average Bonchev–Trinajstić information content (AvgIpc) is 2.44. The molecule has 2 aromatic rings. The molecule has 0 atom stereocenters. The number of hydrogen-bond donors (Lipinski definition) is 2. The van der Waals surface area contributed by atoms with Gasteiger partial charge in [0, 0.05) is 13.2 Å². The van der Waals surface area contributed by atoms with Crippen molar-refractivity contribution in [2.75, 3.05) is 24.8 Å². The van der Waals surface area contributed by atoms with E-state index in [4.69, 9.17) is 4.74 Å². The molecule has 0 saturated carbocycles. The van der Waals surface area contributed by atoms with E-state index in [1.54, 1.807) is 13.2 Å². The molecule has 0 aliphatic heterocycles. The van der Waals surface area contributed by atoms with E-state index >= 15 is 0 Å². The minimum atomic E-state index is 0.251. The molecule has 0 aliphatic carbocycles. The minimum absolute atomic E-state index is 0.251. The highest BCUT2D eigenvalue weighted by Crippen LogP contribution is 2.10. The fraction of sp³-hybridized carbons (Fsp3) is 0.364. The summed E-state index contributed by atoms with van der Waals surface area (Å²) in [4.78, 5) is 20.6. The summed E-state index contributed by atoms with van der Waals surface area (Å²) in [5.74, 6) is 1.59. The fourth-order valence-corrected chi connectivity index (χ4v) is 1.41. The summed E-state index contributed by atoms with van der Waals surface area (Å²) in [6.45, 7) is 2.34. The predicted octanol–water partition coefficient (Wildman–Crippen LogP) is 0.632. The van der Waals surface area contributed by atoms with Crippen LogP contribution in [-0.4, -0.2) is 39.1 Å². The van der Waals surface area contributed by atoms with E-state index in [9.17, 15) is 0 Å². The van der Waals surface area contributed by atoms with Crippen molar-refractivity contribution in [1.82, 2.24) is 24.9 Å². The summed E-state index contributed by atoms with van der Waals surface area (Å²) < 4.78 is 5.00. The van der Waals surface area contributed by atoms with Crippen molar-refractivity contribution >= 4 is 11.9 Å². The van der Waals surface area contributed by atoms with Gasteiger partial charge in [0.2, 0.25) is 11.9 Å². The number of ether oxygens (including phenoxy) is 1. The van der Waals surface area contributed by atoms with Crippen molar-refractivity contribution < 1.29 is 4.74 Å². The number of anilines is 2. The van der Waals surface area contributed by atoms with E-state index in [0.717, 1.165) is 11.5 Å². The van der Waals surface area contributed by atoms with Gasteiger partial charge in [-0.1, -0.05) is 0 Å². The topological polar surface area (TPSA) is 97.7 Å². The highest BCUT2D eigenvalue weighted by Gasteiger charge is 2.05. The Morgan fingerprint density at radius 3 is 2.63 bits per heavy atom. The quantitative estimate of drug-likeness (QED) is 0.808. The van der Waals surface area contributed by atoms with E-state index in [0.29, 0.717) is 18.4 Å². The Morgan fingerprint density at radius 2 is 1.95 bits per heavy atom. The molecule has 0 spiro atoms. The molecule has 0 unspecified atom stereocenters. The minimum Gasteiger partial charge on any atom is -0.467 e. The first-order chi connectivity index (χ1) is 9.21. The monoisotopic (exact) mass is 261 g/mol. The largest absolute Gasteiger partial charge is 0.467 e. The smallest absolute Gasteiger partial charge is 0.322 e. The Labute approximate surface area is 110 Å². The van der Waals surface area contributed by atoms with Gasteiger partial charge in [-0.25, -0.2) is 9.97 Å². The van der Waals surface area contributed by atoms with Crippen molar-refractivity contribution in [2.24, 2.45) is 0 Å². The summed E-state index contributed by atoms with van der Waals surface area (Å²) >= 11 is 0. The summed E-state index contributed by atoms with van der Waals surface area (Å²) in [5, 5.41) is 5.91. The molecular weight excluding hydrogens is 246 g/mol.